The Balaban J connectivity index is 2.13. The van der Waals surface area contributed by atoms with E-state index in [-0.39, 0.29) is 0 Å². The minimum absolute atomic E-state index is 0.332. The number of allylic oxidation sites excluding steroid dienone is 4. The van der Waals surface area contributed by atoms with Gasteiger partial charge in [-0.25, -0.2) is 4.98 Å². The highest BCUT2D eigenvalue weighted by Gasteiger charge is 2.12. The van der Waals surface area contributed by atoms with Crippen LogP contribution in [0.2, 0.25) is 0 Å². The van der Waals surface area contributed by atoms with Gasteiger partial charge in [-0.3, -0.25) is 0 Å². The Kier molecular flexibility index (Phi) is 3.08. The maximum Gasteiger partial charge on any atom is 0.140 e. The third-order valence-corrected chi connectivity index (χ3v) is 3.60. The second kappa shape index (κ2) is 4.88. The molecule has 0 unspecified atom stereocenters. The molecule has 1 aromatic carbocycles. The minimum atomic E-state index is 0.332. The third kappa shape index (κ3) is 2.26. The van der Waals surface area contributed by atoms with Crippen LogP contribution < -0.4 is 0 Å². The van der Waals surface area contributed by atoms with Gasteiger partial charge in [-0.2, -0.15) is 0 Å². The molecule has 0 amide bonds. The highest BCUT2D eigenvalue weighted by Crippen LogP contribution is 2.31. The second-order valence-corrected chi connectivity index (χ2v) is 4.98. The fourth-order valence-corrected chi connectivity index (χ4v) is 2.59. The summed E-state index contributed by atoms with van der Waals surface area (Å²) in [6.45, 7) is 1.86. The van der Waals surface area contributed by atoms with E-state index >= 15 is 0 Å². The molecule has 0 radical (unpaired) electrons. The Bertz CT molecular complexity index is 683. The van der Waals surface area contributed by atoms with Gasteiger partial charge >= 0.3 is 0 Å². The predicted octanol–water partition coefficient (Wildman–Crippen LogP) is 4.07. The normalized spacial score (nSPS) is 14.7. The van der Waals surface area contributed by atoms with Gasteiger partial charge in [0.2, 0.25) is 0 Å². The standard InChI is InChI=1S/C17H17NO/c1-12-17(19)15(11-13-7-3-2-4-8-13)14-9-5-6-10-16(14)18-12/h3,5-10,19H,2,4,11H2,1H3. The van der Waals surface area contributed by atoms with Crippen molar-refractivity contribution in [2.75, 3.05) is 0 Å². The monoisotopic (exact) mass is 251 g/mol. The van der Waals surface area contributed by atoms with Gasteiger partial charge in [0.25, 0.3) is 0 Å². The molecule has 0 saturated carbocycles. The molecule has 0 fully saturated rings. The van der Waals surface area contributed by atoms with Crippen molar-refractivity contribution < 1.29 is 5.11 Å². The molecule has 2 heteroatoms. The number of hydrogen-bond acceptors (Lipinski definition) is 2. The number of para-hydroxylation sites is 1. The molecule has 0 atom stereocenters. The molecule has 0 spiro atoms. The summed E-state index contributed by atoms with van der Waals surface area (Å²) in [5.41, 5.74) is 3.92. The lowest BCUT2D eigenvalue weighted by atomic mass is 9.96. The molecule has 2 aromatic rings. The van der Waals surface area contributed by atoms with Gasteiger partial charge in [-0.15, -0.1) is 0 Å². The molecule has 1 aliphatic rings. The van der Waals surface area contributed by atoms with Crippen molar-refractivity contribution in [1.82, 2.24) is 4.98 Å². The van der Waals surface area contributed by atoms with Crippen LogP contribution in [0.3, 0.4) is 0 Å². The molecule has 19 heavy (non-hydrogen) atoms. The molecule has 3 rings (SSSR count). The predicted molar refractivity (Wildman–Crippen MR) is 78.3 cm³/mol. The largest absolute Gasteiger partial charge is 0.506 e. The first kappa shape index (κ1) is 12.0. The fourth-order valence-electron chi connectivity index (χ4n) is 2.59. The van der Waals surface area contributed by atoms with Crippen LogP contribution in [0.25, 0.3) is 10.9 Å². The van der Waals surface area contributed by atoms with E-state index < -0.39 is 0 Å². The van der Waals surface area contributed by atoms with Crippen molar-refractivity contribution in [2.24, 2.45) is 0 Å². The quantitative estimate of drug-likeness (QED) is 0.872. The molecule has 1 aromatic heterocycles. The van der Waals surface area contributed by atoms with Crippen LogP contribution in [-0.2, 0) is 6.42 Å². The molecule has 2 nitrogen and oxygen atoms in total. The van der Waals surface area contributed by atoms with Crippen molar-refractivity contribution in [3.05, 3.63) is 59.3 Å². The summed E-state index contributed by atoms with van der Waals surface area (Å²) in [5, 5.41) is 11.4. The van der Waals surface area contributed by atoms with E-state index in [9.17, 15) is 5.11 Å². The first-order valence-electron chi connectivity index (χ1n) is 6.68. The zero-order chi connectivity index (χ0) is 13.2. The summed E-state index contributed by atoms with van der Waals surface area (Å²) >= 11 is 0. The van der Waals surface area contributed by atoms with Crippen LogP contribution in [0, 0.1) is 6.92 Å². The van der Waals surface area contributed by atoms with E-state index in [1.54, 1.807) is 0 Å². The van der Waals surface area contributed by atoms with E-state index in [2.05, 4.69) is 23.2 Å². The van der Waals surface area contributed by atoms with Gasteiger partial charge in [0.05, 0.1) is 11.2 Å². The van der Waals surface area contributed by atoms with Crippen molar-refractivity contribution in [1.29, 1.82) is 0 Å². The zero-order valence-electron chi connectivity index (χ0n) is 11.1. The molecule has 1 N–H and O–H groups in total. The Morgan fingerprint density at radius 3 is 2.84 bits per heavy atom. The highest BCUT2D eigenvalue weighted by molar-refractivity contribution is 5.85. The molecule has 0 bridgehead atoms. The van der Waals surface area contributed by atoms with Crippen LogP contribution in [0.1, 0.15) is 24.1 Å². The molecule has 0 aliphatic heterocycles. The molecule has 96 valence electrons. The Morgan fingerprint density at radius 2 is 2.05 bits per heavy atom. The van der Waals surface area contributed by atoms with Gasteiger partial charge in [0, 0.05) is 17.4 Å². The van der Waals surface area contributed by atoms with Gasteiger partial charge < -0.3 is 5.11 Å². The summed E-state index contributed by atoms with van der Waals surface area (Å²) in [7, 11) is 0. The van der Waals surface area contributed by atoms with Crippen LogP contribution in [0.5, 0.6) is 5.75 Å². The molecule has 1 aliphatic carbocycles. The Hall–Kier alpha value is -2.09. The average Bonchev–Trinajstić information content (AvgIpc) is 2.45. The second-order valence-electron chi connectivity index (χ2n) is 4.98. The summed E-state index contributed by atoms with van der Waals surface area (Å²) in [5.74, 6) is 0.332. The van der Waals surface area contributed by atoms with E-state index in [1.807, 2.05) is 31.2 Å². The first-order chi connectivity index (χ1) is 9.25. The summed E-state index contributed by atoms with van der Waals surface area (Å²) in [6.07, 6.45) is 9.59. The summed E-state index contributed by atoms with van der Waals surface area (Å²) in [4.78, 5) is 4.44. The number of rotatable bonds is 2. The number of aromatic nitrogens is 1. The number of hydrogen-bond donors (Lipinski definition) is 1. The van der Waals surface area contributed by atoms with Crippen molar-refractivity contribution in [3.63, 3.8) is 0 Å². The highest BCUT2D eigenvalue weighted by atomic mass is 16.3. The number of aryl methyl sites for hydroxylation is 1. The van der Waals surface area contributed by atoms with Crippen LogP contribution >= 0.6 is 0 Å². The number of benzene rings is 1. The fraction of sp³-hybridized carbons (Fsp3) is 0.235. The van der Waals surface area contributed by atoms with E-state index in [0.717, 1.165) is 35.7 Å². The molecular weight excluding hydrogens is 234 g/mol. The number of aromatic hydroxyl groups is 1. The zero-order valence-corrected chi connectivity index (χ0v) is 11.1. The number of pyridine rings is 1. The smallest absolute Gasteiger partial charge is 0.140 e. The Morgan fingerprint density at radius 1 is 1.21 bits per heavy atom. The van der Waals surface area contributed by atoms with Crippen LogP contribution in [-0.4, -0.2) is 10.1 Å². The van der Waals surface area contributed by atoms with E-state index in [4.69, 9.17) is 0 Å². The topological polar surface area (TPSA) is 33.1 Å². The minimum Gasteiger partial charge on any atom is -0.506 e. The van der Waals surface area contributed by atoms with Gasteiger partial charge in [-0.05, 0) is 31.4 Å². The third-order valence-electron chi connectivity index (χ3n) is 3.60. The maximum absolute atomic E-state index is 10.3. The SMILES string of the molecule is Cc1nc2ccccc2c(CC2=CCCC=C2)c1O. The summed E-state index contributed by atoms with van der Waals surface area (Å²) in [6, 6.07) is 8.00. The molecule has 0 saturated heterocycles. The lowest BCUT2D eigenvalue weighted by Gasteiger charge is -2.13. The van der Waals surface area contributed by atoms with Crippen LogP contribution in [0.4, 0.5) is 0 Å². The van der Waals surface area contributed by atoms with E-state index in [0.29, 0.717) is 11.4 Å². The summed E-state index contributed by atoms with van der Waals surface area (Å²) < 4.78 is 0. The van der Waals surface area contributed by atoms with Crippen LogP contribution in [0.15, 0.2) is 48.1 Å². The van der Waals surface area contributed by atoms with Crippen molar-refractivity contribution in [3.8, 4) is 5.75 Å². The Labute approximate surface area is 113 Å². The lowest BCUT2D eigenvalue weighted by molar-refractivity contribution is 0.463. The molecule has 1 heterocycles. The van der Waals surface area contributed by atoms with Crippen molar-refractivity contribution in [2.45, 2.75) is 26.2 Å². The van der Waals surface area contributed by atoms with Crippen molar-refractivity contribution >= 4 is 10.9 Å². The number of fused-ring (bicyclic) bond motifs is 1. The number of nitrogens with zero attached hydrogens (tertiary/aromatic N) is 1. The van der Waals surface area contributed by atoms with Gasteiger partial charge in [0.15, 0.2) is 0 Å². The average molecular weight is 251 g/mol. The lowest BCUT2D eigenvalue weighted by Crippen LogP contribution is -1.97. The molecular formula is C17H17NO. The van der Waals surface area contributed by atoms with Gasteiger partial charge in [-0.1, -0.05) is 36.4 Å². The maximum atomic E-state index is 10.3. The van der Waals surface area contributed by atoms with E-state index in [1.165, 1.54) is 5.57 Å². The first-order valence-corrected chi connectivity index (χ1v) is 6.68. The van der Waals surface area contributed by atoms with Gasteiger partial charge in [0.1, 0.15) is 5.75 Å².